The lowest BCUT2D eigenvalue weighted by atomic mass is 9.96. The molecule has 0 spiro atoms. The van der Waals surface area contributed by atoms with Crippen molar-refractivity contribution in [3.63, 3.8) is 0 Å². The summed E-state index contributed by atoms with van der Waals surface area (Å²) in [4.78, 5) is 17.2. The predicted octanol–water partition coefficient (Wildman–Crippen LogP) is 1.10. The Morgan fingerprint density at radius 2 is 1.96 bits per heavy atom. The lowest BCUT2D eigenvalue weighted by Gasteiger charge is -2.36. The average molecular weight is 346 g/mol. The van der Waals surface area contributed by atoms with Gasteiger partial charge in [-0.25, -0.2) is 0 Å². The number of nitrogens with one attached hydrogen (secondary N) is 2. The van der Waals surface area contributed by atoms with Gasteiger partial charge in [0.25, 0.3) is 0 Å². The summed E-state index contributed by atoms with van der Waals surface area (Å²) >= 11 is 0. The van der Waals surface area contributed by atoms with Crippen LogP contribution in [0.1, 0.15) is 19.8 Å². The number of carbonyl (C=O) groups excluding carboxylic acids is 1. The molecule has 2 aliphatic rings. The van der Waals surface area contributed by atoms with E-state index in [4.69, 9.17) is 4.74 Å². The Labute approximate surface area is 150 Å². The molecule has 1 amide bonds. The minimum absolute atomic E-state index is 0.0768. The van der Waals surface area contributed by atoms with Crippen LogP contribution in [-0.2, 0) is 4.79 Å². The first-order valence-electron chi connectivity index (χ1n) is 9.45. The minimum atomic E-state index is 0.0768. The van der Waals surface area contributed by atoms with Crippen molar-refractivity contribution in [1.82, 2.24) is 20.7 Å². The lowest BCUT2D eigenvalue weighted by molar-refractivity contribution is -0.137. The summed E-state index contributed by atoms with van der Waals surface area (Å²) in [5.41, 5.74) is 6.41. The summed E-state index contributed by atoms with van der Waals surface area (Å²) in [7, 11) is 0. The molecule has 138 valence electrons. The Bertz CT molecular complexity index is 531. The van der Waals surface area contributed by atoms with E-state index in [0.717, 1.165) is 57.9 Å². The van der Waals surface area contributed by atoms with E-state index in [9.17, 15) is 4.79 Å². The molecular formula is C19H30N4O2. The second-order valence-corrected chi connectivity index (χ2v) is 6.86. The molecule has 2 N–H and O–H groups in total. The third kappa shape index (κ3) is 4.93. The zero-order chi connectivity index (χ0) is 17.5. The van der Waals surface area contributed by atoms with Gasteiger partial charge in [-0.2, -0.15) is 0 Å². The molecule has 1 aromatic carbocycles. The number of rotatable bonds is 7. The fraction of sp³-hybridized carbons (Fsp3) is 0.632. The smallest absolute Gasteiger partial charge is 0.228 e. The number of para-hydroxylation sites is 1. The molecule has 2 atom stereocenters. The van der Waals surface area contributed by atoms with Gasteiger partial charge in [0.05, 0.1) is 5.92 Å². The summed E-state index contributed by atoms with van der Waals surface area (Å²) < 4.78 is 5.77. The zero-order valence-corrected chi connectivity index (χ0v) is 15.1. The number of benzene rings is 1. The molecule has 0 saturated carbocycles. The fourth-order valence-electron chi connectivity index (χ4n) is 3.62. The van der Waals surface area contributed by atoms with Crippen molar-refractivity contribution in [3.05, 3.63) is 30.3 Å². The molecule has 0 aliphatic carbocycles. The maximum atomic E-state index is 12.8. The van der Waals surface area contributed by atoms with E-state index >= 15 is 0 Å². The van der Waals surface area contributed by atoms with Crippen LogP contribution in [0.4, 0.5) is 0 Å². The van der Waals surface area contributed by atoms with Gasteiger partial charge in [-0.15, -0.1) is 0 Å². The number of hydrogen-bond donors (Lipinski definition) is 2. The van der Waals surface area contributed by atoms with Crippen molar-refractivity contribution in [3.8, 4) is 5.75 Å². The molecule has 25 heavy (non-hydrogen) atoms. The summed E-state index contributed by atoms with van der Waals surface area (Å²) in [5.74, 6) is 1.29. The molecule has 0 bridgehead atoms. The molecule has 0 aromatic heterocycles. The van der Waals surface area contributed by atoms with E-state index < -0.39 is 0 Å². The lowest BCUT2D eigenvalue weighted by Crippen LogP contribution is -2.52. The molecule has 2 aliphatic heterocycles. The number of ether oxygens (including phenoxy) is 1. The van der Waals surface area contributed by atoms with Gasteiger partial charge in [0.2, 0.25) is 5.91 Å². The monoisotopic (exact) mass is 346 g/mol. The van der Waals surface area contributed by atoms with E-state index in [1.807, 2.05) is 35.2 Å². The highest BCUT2D eigenvalue weighted by Gasteiger charge is 2.35. The first-order valence-corrected chi connectivity index (χ1v) is 9.45. The topological polar surface area (TPSA) is 56.8 Å². The Morgan fingerprint density at radius 1 is 1.20 bits per heavy atom. The maximum Gasteiger partial charge on any atom is 0.228 e. The standard InChI is InChI=1S/C19H30N4O2/c1-2-6-18-17(15-20-21-18)19(24)23-11-9-22(10-12-23)13-14-25-16-7-4-3-5-8-16/h3-5,7-8,17-18,20-21H,2,6,9-15H2,1H3. The van der Waals surface area contributed by atoms with Gasteiger partial charge in [-0.05, 0) is 18.6 Å². The van der Waals surface area contributed by atoms with Crippen molar-refractivity contribution < 1.29 is 9.53 Å². The van der Waals surface area contributed by atoms with Crippen LogP contribution >= 0.6 is 0 Å². The Kier molecular flexibility index (Phi) is 6.67. The molecular weight excluding hydrogens is 316 g/mol. The fourth-order valence-corrected chi connectivity index (χ4v) is 3.62. The summed E-state index contributed by atoms with van der Waals surface area (Å²) in [6, 6.07) is 10.2. The van der Waals surface area contributed by atoms with Gasteiger partial charge in [-0.1, -0.05) is 31.5 Å². The molecule has 1 aromatic rings. The molecule has 2 unspecified atom stereocenters. The van der Waals surface area contributed by atoms with Crippen LogP contribution in [0.25, 0.3) is 0 Å². The van der Waals surface area contributed by atoms with Crippen LogP contribution < -0.4 is 15.6 Å². The van der Waals surface area contributed by atoms with E-state index in [1.54, 1.807) is 0 Å². The van der Waals surface area contributed by atoms with Crippen molar-refractivity contribution in [1.29, 1.82) is 0 Å². The third-order valence-electron chi connectivity index (χ3n) is 5.12. The molecule has 6 heteroatoms. The molecule has 0 radical (unpaired) electrons. The van der Waals surface area contributed by atoms with Crippen LogP contribution in [0.15, 0.2) is 30.3 Å². The molecule has 3 rings (SSSR count). The predicted molar refractivity (Wildman–Crippen MR) is 98.3 cm³/mol. The van der Waals surface area contributed by atoms with E-state index in [1.165, 1.54) is 0 Å². The van der Waals surface area contributed by atoms with Crippen molar-refractivity contribution in [2.45, 2.75) is 25.8 Å². The van der Waals surface area contributed by atoms with Crippen LogP contribution in [0.3, 0.4) is 0 Å². The van der Waals surface area contributed by atoms with E-state index in [0.29, 0.717) is 12.5 Å². The first kappa shape index (κ1) is 18.2. The quantitative estimate of drug-likeness (QED) is 0.774. The summed E-state index contributed by atoms with van der Waals surface area (Å²) in [6.07, 6.45) is 2.14. The third-order valence-corrected chi connectivity index (χ3v) is 5.12. The average Bonchev–Trinajstić information content (AvgIpc) is 3.11. The van der Waals surface area contributed by atoms with Gasteiger partial charge < -0.3 is 9.64 Å². The number of carbonyl (C=O) groups is 1. The van der Waals surface area contributed by atoms with Crippen molar-refractivity contribution in [2.75, 3.05) is 45.9 Å². The van der Waals surface area contributed by atoms with Gasteiger partial charge in [0, 0.05) is 45.3 Å². The van der Waals surface area contributed by atoms with Crippen molar-refractivity contribution >= 4 is 5.91 Å². The summed E-state index contributed by atoms with van der Waals surface area (Å²) in [5, 5.41) is 0. The van der Waals surface area contributed by atoms with Gasteiger partial charge >= 0.3 is 0 Å². The van der Waals surface area contributed by atoms with Crippen LogP contribution in [-0.4, -0.2) is 67.6 Å². The minimum Gasteiger partial charge on any atom is -0.492 e. The number of hydrogen-bond acceptors (Lipinski definition) is 5. The zero-order valence-electron chi connectivity index (χ0n) is 15.1. The molecule has 2 heterocycles. The Balaban J connectivity index is 1.38. The maximum absolute atomic E-state index is 12.8. The van der Waals surface area contributed by atoms with Gasteiger partial charge in [-0.3, -0.25) is 20.5 Å². The van der Waals surface area contributed by atoms with Gasteiger partial charge in [0.1, 0.15) is 12.4 Å². The second kappa shape index (κ2) is 9.17. The second-order valence-electron chi connectivity index (χ2n) is 6.86. The highest BCUT2D eigenvalue weighted by Crippen LogP contribution is 2.17. The van der Waals surface area contributed by atoms with Crippen LogP contribution in [0.5, 0.6) is 5.75 Å². The van der Waals surface area contributed by atoms with E-state index in [-0.39, 0.29) is 12.0 Å². The largest absolute Gasteiger partial charge is 0.492 e. The number of hydrazine groups is 1. The molecule has 2 saturated heterocycles. The highest BCUT2D eigenvalue weighted by atomic mass is 16.5. The number of piperazine rings is 1. The molecule has 6 nitrogen and oxygen atoms in total. The highest BCUT2D eigenvalue weighted by molar-refractivity contribution is 5.80. The van der Waals surface area contributed by atoms with Crippen LogP contribution in [0, 0.1) is 5.92 Å². The van der Waals surface area contributed by atoms with Crippen LogP contribution in [0.2, 0.25) is 0 Å². The Morgan fingerprint density at radius 3 is 2.68 bits per heavy atom. The summed E-state index contributed by atoms with van der Waals surface area (Å²) in [6.45, 7) is 7.99. The van der Waals surface area contributed by atoms with E-state index in [2.05, 4.69) is 22.7 Å². The normalized spacial score (nSPS) is 24.4. The van der Waals surface area contributed by atoms with Crippen molar-refractivity contribution in [2.24, 2.45) is 5.92 Å². The number of amides is 1. The Hall–Kier alpha value is -1.63. The SMILES string of the molecule is CCCC1NNCC1C(=O)N1CCN(CCOc2ccccc2)CC1. The number of nitrogens with zero attached hydrogens (tertiary/aromatic N) is 2. The van der Waals surface area contributed by atoms with Gasteiger partial charge in [0.15, 0.2) is 0 Å². The molecule has 2 fully saturated rings. The first-order chi connectivity index (χ1) is 12.3.